The summed E-state index contributed by atoms with van der Waals surface area (Å²) in [7, 11) is 0. The van der Waals surface area contributed by atoms with Crippen molar-refractivity contribution >= 4 is 44.1 Å². The second-order valence-electron chi connectivity index (χ2n) is 10.6. The van der Waals surface area contributed by atoms with Crippen LogP contribution in [0.1, 0.15) is 0 Å². The van der Waals surface area contributed by atoms with E-state index < -0.39 is 0 Å². The minimum absolute atomic E-state index is 0.530. The molecule has 7 heteroatoms. The minimum atomic E-state index is 0.530. The van der Waals surface area contributed by atoms with Crippen LogP contribution in [0.25, 0.3) is 89.4 Å². The van der Waals surface area contributed by atoms with Gasteiger partial charge in [0, 0.05) is 45.2 Å². The molecule has 0 saturated heterocycles. The Morgan fingerprint density at radius 1 is 0.432 bits per heavy atom. The highest BCUT2D eigenvalue weighted by atomic mass is 16.3. The van der Waals surface area contributed by atoms with Crippen LogP contribution in [0.4, 0.5) is 0 Å². The van der Waals surface area contributed by atoms with E-state index in [9.17, 15) is 0 Å². The summed E-state index contributed by atoms with van der Waals surface area (Å²) in [5, 5.41) is 2.86. The van der Waals surface area contributed by atoms with Gasteiger partial charge in [-0.15, -0.1) is 0 Å². The Bertz CT molecular complexity index is 2440. The van der Waals surface area contributed by atoms with Gasteiger partial charge in [-0.25, -0.2) is 24.9 Å². The second kappa shape index (κ2) is 9.68. The van der Waals surface area contributed by atoms with E-state index in [4.69, 9.17) is 23.8 Å². The molecule has 0 aliphatic rings. The van der Waals surface area contributed by atoms with E-state index in [1.165, 1.54) is 0 Å². The molecular weight excluding hydrogens is 546 g/mol. The summed E-state index contributed by atoms with van der Waals surface area (Å²) in [6, 6.07) is 38.4. The van der Waals surface area contributed by atoms with E-state index in [1.807, 2.05) is 91.0 Å². The molecule has 7 nitrogen and oxygen atoms in total. The molecule has 4 aromatic heterocycles. The van der Waals surface area contributed by atoms with Gasteiger partial charge in [0.05, 0.1) is 0 Å². The molecule has 0 aliphatic carbocycles. The van der Waals surface area contributed by atoms with Crippen LogP contribution in [-0.4, -0.2) is 24.9 Å². The first-order chi connectivity index (χ1) is 21.8. The molecular formula is C37H21N5O2. The highest BCUT2D eigenvalue weighted by Gasteiger charge is 2.18. The number of rotatable bonds is 4. The average Bonchev–Trinajstić information content (AvgIpc) is 3.66. The van der Waals surface area contributed by atoms with Gasteiger partial charge in [-0.1, -0.05) is 84.9 Å². The highest BCUT2D eigenvalue weighted by Crippen LogP contribution is 2.39. The third kappa shape index (κ3) is 3.94. The molecule has 0 unspecified atom stereocenters. The first-order valence-electron chi connectivity index (χ1n) is 14.2. The number of nitrogens with zero attached hydrogens (tertiary/aromatic N) is 5. The molecule has 0 saturated carbocycles. The van der Waals surface area contributed by atoms with Gasteiger partial charge < -0.3 is 8.83 Å². The Hall–Kier alpha value is -6.21. The first-order valence-corrected chi connectivity index (χ1v) is 14.2. The summed E-state index contributed by atoms with van der Waals surface area (Å²) in [5.74, 6) is 1.81. The third-order valence-corrected chi connectivity index (χ3v) is 7.87. The fraction of sp³-hybridized carbons (Fsp3) is 0. The first kappa shape index (κ1) is 24.4. The Morgan fingerprint density at radius 3 is 1.75 bits per heavy atom. The molecule has 5 aromatic carbocycles. The zero-order chi connectivity index (χ0) is 29.0. The van der Waals surface area contributed by atoms with Crippen LogP contribution in [0.15, 0.2) is 136 Å². The van der Waals surface area contributed by atoms with Crippen LogP contribution < -0.4 is 0 Å². The Morgan fingerprint density at radius 2 is 1.05 bits per heavy atom. The van der Waals surface area contributed by atoms with Gasteiger partial charge in [-0.05, 0) is 41.5 Å². The van der Waals surface area contributed by atoms with Crippen LogP contribution >= 0.6 is 0 Å². The number of hydrogen-bond donors (Lipinski definition) is 0. The molecule has 0 atom stereocenters. The van der Waals surface area contributed by atoms with Crippen molar-refractivity contribution in [2.75, 3.05) is 0 Å². The largest absolute Gasteiger partial charge is 0.456 e. The minimum Gasteiger partial charge on any atom is -0.456 e. The highest BCUT2D eigenvalue weighted by molar-refractivity contribution is 6.13. The predicted molar refractivity (Wildman–Crippen MR) is 172 cm³/mol. The zero-order valence-electron chi connectivity index (χ0n) is 23.2. The molecule has 0 bridgehead atoms. The van der Waals surface area contributed by atoms with Gasteiger partial charge >= 0.3 is 0 Å². The van der Waals surface area contributed by atoms with Crippen molar-refractivity contribution < 1.29 is 8.83 Å². The maximum absolute atomic E-state index is 6.35. The monoisotopic (exact) mass is 567 g/mol. The average molecular weight is 568 g/mol. The summed E-state index contributed by atoms with van der Waals surface area (Å²) < 4.78 is 12.2. The summed E-state index contributed by atoms with van der Waals surface area (Å²) in [5.41, 5.74) is 8.40. The summed E-state index contributed by atoms with van der Waals surface area (Å²) >= 11 is 0. The molecule has 44 heavy (non-hydrogen) atoms. The molecule has 9 rings (SSSR count). The van der Waals surface area contributed by atoms with E-state index in [0.717, 1.165) is 66.2 Å². The van der Waals surface area contributed by atoms with Crippen molar-refractivity contribution in [1.29, 1.82) is 0 Å². The van der Waals surface area contributed by atoms with Crippen molar-refractivity contribution in [3.63, 3.8) is 0 Å². The Balaban J connectivity index is 1.25. The van der Waals surface area contributed by atoms with Gasteiger partial charge in [-0.3, -0.25) is 0 Å². The fourth-order valence-electron chi connectivity index (χ4n) is 5.79. The summed E-state index contributed by atoms with van der Waals surface area (Å²) in [4.78, 5) is 23.7. The lowest BCUT2D eigenvalue weighted by Gasteiger charge is -2.09. The topological polar surface area (TPSA) is 90.7 Å². The van der Waals surface area contributed by atoms with E-state index in [2.05, 4.69) is 34.2 Å². The van der Waals surface area contributed by atoms with Crippen molar-refractivity contribution in [2.45, 2.75) is 0 Å². The van der Waals surface area contributed by atoms with Crippen LogP contribution in [0.3, 0.4) is 0 Å². The SMILES string of the molecule is c1ccc(-c2nc(-c3ccccc3)nc(-c3cccc4oc5ccc(-c6ccc7oc8nccnc8c7c6)cc5c34)n2)cc1. The van der Waals surface area contributed by atoms with Gasteiger partial charge in [0.25, 0.3) is 0 Å². The second-order valence-corrected chi connectivity index (χ2v) is 10.6. The third-order valence-electron chi connectivity index (χ3n) is 7.87. The molecule has 0 radical (unpaired) electrons. The Labute approximate surface area is 250 Å². The van der Waals surface area contributed by atoms with Crippen molar-refractivity contribution in [2.24, 2.45) is 0 Å². The lowest BCUT2D eigenvalue weighted by atomic mass is 9.99. The van der Waals surface area contributed by atoms with Gasteiger partial charge in [0.2, 0.25) is 5.71 Å². The van der Waals surface area contributed by atoms with Gasteiger partial charge in [-0.2, -0.15) is 0 Å². The van der Waals surface area contributed by atoms with E-state index in [1.54, 1.807) is 12.4 Å². The lowest BCUT2D eigenvalue weighted by Crippen LogP contribution is -2.00. The van der Waals surface area contributed by atoms with Crippen molar-refractivity contribution in [3.05, 3.63) is 128 Å². The normalized spacial score (nSPS) is 11.6. The van der Waals surface area contributed by atoms with Crippen LogP contribution in [-0.2, 0) is 0 Å². The molecule has 4 heterocycles. The van der Waals surface area contributed by atoms with Crippen LogP contribution in [0.5, 0.6) is 0 Å². The molecule has 9 aromatic rings. The number of benzene rings is 5. The standard InChI is InChI=1S/C37H21N5O2/c1-3-8-22(9-4-1)34-40-35(23-10-5-2-6-11-23)42-36(41-34)26-12-7-13-31-32(26)27-20-24(14-16-29(27)43-31)25-15-17-30-28(21-25)33-37(44-30)39-19-18-38-33/h1-21H. The lowest BCUT2D eigenvalue weighted by molar-refractivity contribution is 0.653. The number of fused-ring (bicyclic) bond motifs is 6. The van der Waals surface area contributed by atoms with Crippen molar-refractivity contribution in [1.82, 2.24) is 24.9 Å². The maximum Gasteiger partial charge on any atom is 0.246 e. The molecule has 206 valence electrons. The van der Waals surface area contributed by atoms with Crippen LogP contribution in [0.2, 0.25) is 0 Å². The maximum atomic E-state index is 6.35. The quantitative estimate of drug-likeness (QED) is 0.209. The molecule has 0 fully saturated rings. The molecule has 0 N–H and O–H groups in total. The van der Waals surface area contributed by atoms with E-state index in [0.29, 0.717) is 23.2 Å². The molecule has 0 spiro atoms. The van der Waals surface area contributed by atoms with Gasteiger partial charge in [0.1, 0.15) is 22.3 Å². The van der Waals surface area contributed by atoms with E-state index in [-0.39, 0.29) is 0 Å². The summed E-state index contributed by atoms with van der Waals surface area (Å²) in [6.45, 7) is 0. The Kier molecular flexibility index (Phi) is 5.36. The fourth-order valence-corrected chi connectivity index (χ4v) is 5.79. The predicted octanol–water partition coefficient (Wildman–Crippen LogP) is 9.13. The van der Waals surface area contributed by atoms with Gasteiger partial charge in [0.15, 0.2) is 17.5 Å². The van der Waals surface area contributed by atoms with E-state index >= 15 is 0 Å². The summed E-state index contributed by atoms with van der Waals surface area (Å²) in [6.07, 6.45) is 3.32. The molecule has 0 aliphatic heterocycles. The van der Waals surface area contributed by atoms with Crippen molar-refractivity contribution in [3.8, 4) is 45.3 Å². The zero-order valence-corrected chi connectivity index (χ0v) is 23.2. The van der Waals surface area contributed by atoms with Crippen LogP contribution in [0, 0.1) is 0 Å². The molecule has 0 amide bonds. The number of aromatic nitrogens is 5. The smallest absolute Gasteiger partial charge is 0.246 e. The number of furan rings is 2. The number of hydrogen-bond acceptors (Lipinski definition) is 7.